The number of anilines is 1. The van der Waals surface area contributed by atoms with Gasteiger partial charge in [0.25, 0.3) is 5.69 Å². The minimum atomic E-state index is -3.52. The topological polar surface area (TPSA) is 130 Å². The van der Waals surface area contributed by atoms with Crippen molar-refractivity contribution in [2.45, 2.75) is 17.7 Å². The lowest BCUT2D eigenvalue weighted by Gasteiger charge is -2.21. The highest BCUT2D eigenvalue weighted by atomic mass is 35.5. The first kappa shape index (κ1) is 22.1. The first-order valence-corrected chi connectivity index (χ1v) is 9.89. The van der Waals surface area contributed by atoms with Crippen LogP contribution in [0.4, 0.5) is 11.4 Å². The summed E-state index contributed by atoms with van der Waals surface area (Å²) in [6.07, 6.45) is 2.60. The number of piperidine rings is 1. The van der Waals surface area contributed by atoms with Gasteiger partial charge in [0.15, 0.2) is 9.84 Å². The maximum absolute atomic E-state index is 12.0. The number of halogens is 1. The number of hydrogen-bond donors (Lipinski definition) is 3. The monoisotopic (exact) mass is 406 g/mol. The molecule has 1 aliphatic heterocycles. The highest BCUT2D eigenvalue weighted by molar-refractivity contribution is 7.90. The third-order valence-corrected chi connectivity index (χ3v) is 5.15. The van der Waals surface area contributed by atoms with E-state index in [1.165, 1.54) is 12.1 Å². The van der Waals surface area contributed by atoms with Crippen LogP contribution in [0.1, 0.15) is 12.8 Å². The molecule has 26 heavy (non-hydrogen) atoms. The zero-order valence-electron chi connectivity index (χ0n) is 14.4. The van der Waals surface area contributed by atoms with Crippen molar-refractivity contribution in [3.05, 3.63) is 28.3 Å². The van der Waals surface area contributed by atoms with Gasteiger partial charge in [-0.3, -0.25) is 14.9 Å². The summed E-state index contributed by atoms with van der Waals surface area (Å²) in [5.74, 6) is -0.00476. The summed E-state index contributed by atoms with van der Waals surface area (Å²) in [4.78, 5) is 22.4. The Morgan fingerprint density at radius 2 is 1.96 bits per heavy atom. The van der Waals surface area contributed by atoms with Crippen LogP contribution in [0.5, 0.6) is 0 Å². The Kier molecular flexibility index (Phi) is 8.25. The normalized spacial score (nSPS) is 15.0. The summed E-state index contributed by atoms with van der Waals surface area (Å²) >= 11 is 0. The molecule has 0 aromatic heterocycles. The second-order valence-corrected chi connectivity index (χ2v) is 7.97. The number of amides is 1. The number of benzene rings is 1. The molecular formula is C15H23ClN4O5S. The standard InChI is InChI=1S/C15H22N4O5S.ClH/c1-25(23,24)12-2-3-13(14(10-12)19(21)22)17-8-9-18-15(20)11-4-6-16-7-5-11;/h2-3,10-11,16-17H,4-9H2,1H3,(H,18,20);1H. The van der Waals surface area contributed by atoms with E-state index in [2.05, 4.69) is 16.0 Å². The minimum absolute atomic E-state index is 0. The quantitative estimate of drug-likeness (QED) is 0.349. The number of carbonyl (C=O) groups excluding carboxylic acids is 1. The van der Waals surface area contributed by atoms with E-state index in [9.17, 15) is 23.3 Å². The van der Waals surface area contributed by atoms with Crippen LogP contribution >= 0.6 is 12.4 Å². The maximum Gasteiger partial charge on any atom is 0.293 e. The lowest BCUT2D eigenvalue weighted by atomic mass is 9.97. The van der Waals surface area contributed by atoms with Crippen LogP contribution in [-0.4, -0.2) is 51.7 Å². The number of sulfone groups is 1. The van der Waals surface area contributed by atoms with Crippen LogP contribution in [0.2, 0.25) is 0 Å². The molecule has 1 aromatic carbocycles. The van der Waals surface area contributed by atoms with Gasteiger partial charge in [0.2, 0.25) is 5.91 Å². The number of nitro groups is 1. The van der Waals surface area contributed by atoms with Crippen molar-refractivity contribution in [2.75, 3.05) is 37.8 Å². The van der Waals surface area contributed by atoms with Gasteiger partial charge in [-0.15, -0.1) is 12.4 Å². The van der Waals surface area contributed by atoms with Crippen molar-refractivity contribution in [2.24, 2.45) is 5.92 Å². The molecule has 0 bridgehead atoms. The molecule has 0 spiro atoms. The van der Waals surface area contributed by atoms with Gasteiger partial charge in [-0.05, 0) is 38.1 Å². The Morgan fingerprint density at radius 1 is 1.31 bits per heavy atom. The first-order chi connectivity index (χ1) is 11.8. The number of nitro benzene ring substituents is 1. The second-order valence-electron chi connectivity index (χ2n) is 5.95. The number of nitrogens with zero attached hydrogens (tertiary/aromatic N) is 1. The zero-order valence-corrected chi connectivity index (χ0v) is 16.0. The van der Waals surface area contributed by atoms with Gasteiger partial charge in [0, 0.05) is 31.3 Å². The molecule has 0 unspecified atom stereocenters. The molecule has 3 N–H and O–H groups in total. The highest BCUT2D eigenvalue weighted by Crippen LogP contribution is 2.27. The molecule has 1 aromatic rings. The van der Waals surface area contributed by atoms with E-state index >= 15 is 0 Å². The van der Waals surface area contributed by atoms with Crippen molar-refractivity contribution in [1.29, 1.82) is 0 Å². The van der Waals surface area contributed by atoms with E-state index in [1.807, 2.05) is 0 Å². The molecule has 0 atom stereocenters. The molecule has 11 heteroatoms. The smallest absolute Gasteiger partial charge is 0.293 e. The first-order valence-electron chi connectivity index (χ1n) is 8.00. The van der Waals surface area contributed by atoms with E-state index in [4.69, 9.17) is 0 Å². The lowest BCUT2D eigenvalue weighted by molar-refractivity contribution is -0.384. The maximum atomic E-state index is 12.0. The van der Waals surface area contributed by atoms with Gasteiger partial charge in [0.05, 0.1) is 9.82 Å². The van der Waals surface area contributed by atoms with Crippen LogP contribution in [0.15, 0.2) is 23.1 Å². The fourth-order valence-corrected chi connectivity index (χ4v) is 3.29. The molecule has 1 saturated heterocycles. The largest absolute Gasteiger partial charge is 0.378 e. The average molecular weight is 407 g/mol. The predicted molar refractivity (Wildman–Crippen MR) is 101 cm³/mol. The zero-order chi connectivity index (χ0) is 18.4. The van der Waals surface area contributed by atoms with E-state index in [-0.39, 0.29) is 40.5 Å². The highest BCUT2D eigenvalue weighted by Gasteiger charge is 2.21. The molecule has 2 rings (SSSR count). The van der Waals surface area contributed by atoms with E-state index in [0.29, 0.717) is 13.1 Å². The summed E-state index contributed by atoms with van der Waals surface area (Å²) in [6.45, 7) is 2.29. The predicted octanol–water partition coefficient (Wildman–Crippen LogP) is 0.948. The summed E-state index contributed by atoms with van der Waals surface area (Å²) in [5.41, 5.74) is -0.0962. The summed E-state index contributed by atoms with van der Waals surface area (Å²) in [7, 11) is -3.52. The lowest BCUT2D eigenvalue weighted by Crippen LogP contribution is -2.39. The van der Waals surface area contributed by atoms with Gasteiger partial charge >= 0.3 is 0 Å². The van der Waals surface area contributed by atoms with Gasteiger partial charge in [-0.2, -0.15) is 0 Å². The molecule has 1 heterocycles. The summed E-state index contributed by atoms with van der Waals surface area (Å²) in [5, 5.41) is 20.0. The van der Waals surface area contributed by atoms with Crippen LogP contribution in [-0.2, 0) is 14.6 Å². The fraction of sp³-hybridized carbons (Fsp3) is 0.533. The minimum Gasteiger partial charge on any atom is -0.378 e. The van der Waals surface area contributed by atoms with E-state index < -0.39 is 14.8 Å². The third kappa shape index (κ3) is 6.11. The second kappa shape index (κ2) is 9.70. The Bertz CT molecular complexity index is 750. The van der Waals surface area contributed by atoms with Crippen molar-refractivity contribution in [1.82, 2.24) is 10.6 Å². The SMILES string of the molecule is CS(=O)(=O)c1ccc(NCCNC(=O)C2CCNCC2)c([N+](=O)[O-])c1.Cl. The Hall–Kier alpha value is -1.91. The molecule has 9 nitrogen and oxygen atoms in total. The van der Waals surface area contributed by atoms with Crippen molar-refractivity contribution in [3.63, 3.8) is 0 Å². The van der Waals surface area contributed by atoms with Crippen LogP contribution in [0.25, 0.3) is 0 Å². The summed E-state index contributed by atoms with van der Waals surface area (Å²) < 4.78 is 23.0. The van der Waals surface area contributed by atoms with Gasteiger partial charge < -0.3 is 16.0 Å². The van der Waals surface area contributed by atoms with Crippen LogP contribution in [0, 0.1) is 16.0 Å². The van der Waals surface area contributed by atoms with Crippen molar-refractivity contribution >= 4 is 39.5 Å². The average Bonchev–Trinajstić information content (AvgIpc) is 2.58. The van der Waals surface area contributed by atoms with Crippen molar-refractivity contribution < 1.29 is 18.1 Å². The van der Waals surface area contributed by atoms with Gasteiger partial charge in [-0.1, -0.05) is 0 Å². The summed E-state index contributed by atoms with van der Waals surface area (Å²) in [6, 6.07) is 3.71. The Balaban J connectivity index is 0.00000338. The number of hydrogen-bond acceptors (Lipinski definition) is 7. The molecule has 1 fully saturated rings. The Morgan fingerprint density at radius 3 is 2.54 bits per heavy atom. The molecule has 0 saturated carbocycles. The molecule has 0 radical (unpaired) electrons. The molecular weight excluding hydrogens is 384 g/mol. The van der Waals surface area contributed by atoms with Crippen LogP contribution < -0.4 is 16.0 Å². The molecule has 1 aliphatic rings. The van der Waals surface area contributed by atoms with E-state index in [1.54, 1.807) is 0 Å². The molecule has 1 amide bonds. The van der Waals surface area contributed by atoms with Gasteiger partial charge in [-0.25, -0.2) is 8.42 Å². The number of rotatable bonds is 7. The fourth-order valence-electron chi connectivity index (χ4n) is 2.65. The van der Waals surface area contributed by atoms with E-state index in [0.717, 1.165) is 38.3 Å². The van der Waals surface area contributed by atoms with Crippen LogP contribution in [0.3, 0.4) is 0 Å². The molecule has 146 valence electrons. The van der Waals surface area contributed by atoms with Crippen molar-refractivity contribution in [3.8, 4) is 0 Å². The Labute approximate surface area is 158 Å². The number of carbonyl (C=O) groups is 1. The third-order valence-electron chi connectivity index (χ3n) is 4.04. The molecule has 0 aliphatic carbocycles. The van der Waals surface area contributed by atoms with Gasteiger partial charge in [0.1, 0.15) is 5.69 Å². The number of nitrogens with one attached hydrogen (secondary N) is 3.